The number of hydrogen-bond acceptors (Lipinski definition) is 3. The molecule has 16 heavy (non-hydrogen) atoms. The number of allylic oxidation sites excluding steroid dienone is 6. The lowest BCUT2D eigenvalue weighted by molar-refractivity contribution is -0.135. The number of rotatable bonds is 2. The van der Waals surface area contributed by atoms with Crippen molar-refractivity contribution in [1.82, 2.24) is 0 Å². The van der Waals surface area contributed by atoms with E-state index in [2.05, 4.69) is 0 Å². The molecule has 1 aliphatic heterocycles. The van der Waals surface area contributed by atoms with Crippen molar-refractivity contribution in [2.24, 2.45) is 0 Å². The standard InChI is InChI=1S/C12H11ClO3/c1-15-11(14)9-6-4-2-3-5-7-10(9)12(13)8-16-12/h2-7H,8H2,1H3. The number of hydrogen-bond donors (Lipinski definition) is 0. The lowest BCUT2D eigenvalue weighted by Gasteiger charge is -2.12. The first-order valence-corrected chi connectivity index (χ1v) is 5.22. The van der Waals surface area contributed by atoms with Gasteiger partial charge < -0.3 is 9.47 Å². The molecular weight excluding hydrogens is 228 g/mol. The molecule has 0 bridgehead atoms. The number of esters is 1. The van der Waals surface area contributed by atoms with E-state index in [4.69, 9.17) is 21.1 Å². The van der Waals surface area contributed by atoms with Crippen LogP contribution in [-0.2, 0) is 14.3 Å². The summed E-state index contributed by atoms with van der Waals surface area (Å²) in [6, 6.07) is 0. The van der Waals surface area contributed by atoms with Crippen molar-refractivity contribution in [1.29, 1.82) is 0 Å². The van der Waals surface area contributed by atoms with Gasteiger partial charge in [0.15, 0.2) is 5.06 Å². The van der Waals surface area contributed by atoms with Gasteiger partial charge >= 0.3 is 5.97 Å². The summed E-state index contributed by atoms with van der Waals surface area (Å²) in [6.45, 7) is 0.409. The molecule has 0 aromatic heterocycles. The Labute approximate surface area is 98.7 Å². The van der Waals surface area contributed by atoms with E-state index in [1.165, 1.54) is 7.11 Å². The first-order chi connectivity index (χ1) is 7.67. The average molecular weight is 239 g/mol. The van der Waals surface area contributed by atoms with Gasteiger partial charge in [0.05, 0.1) is 19.3 Å². The Morgan fingerprint density at radius 2 is 2.00 bits per heavy atom. The first-order valence-electron chi connectivity index (χ1n) is 4.85. The van der Waals surface area contributed by atoms with Gasteiger partial charge in [-0.25, -0.2) is 4.79 Å². The van der Waals surface area contributed by atoms with Gasteiger partial charge in [0.25, 0.3) is 0 Å². The van der Waals surface area contributed by atoms with Gasteiger partial charge in [-0.05, 0) is 6.08 Å². The predicted octanol–water partition coefficient (Wildman–Crippen LogP) is 2.10. The fourth-order valence-corrected chi connectivity index (χ4v) is 1.66. The van der Waals surface area contributed by atoms with Crippen LogP contribution in [0.3, 0.4) is 0 Å². The minimum atomic E-state index is -0.866. The van der Waals surface area contributed by atoms with Crippen molar-refractivity contribution in [3.8, 4) is 0 Å². The van der Waals surface area contributed by atoms with E-state index in [1.807, 2.05) is 18.2 Å². The molecule has 1 unspecified atom stereocenters. The zero-order valence-corrected chi connectivity index (χ0v) is 9.53. The molecule has 0 amide bonds. The minimum Gasteiger partial charge on any atom is -0.465 e. The number of ether oxygens (including phenoxy) is 2. The van der Waals surface area contributed by atoms with Gasteiger partial charge in [0.2, 0.25) is 0 Å². The summed E-state index contributed by atoms with van der Waals surface area (Å²) in [7, 11) is 1.34. The van der Waals surface area contributed by atoms with Gasteiger partial charge in [-0.2, -0.15) is 0 Å². The van der Waals surface area contributed by atoms with Crippen molar-refractivity contribution in [2.75, 3.05) is 13.7 Å². The van der Waals surface area contributed by atoms with Gasteiger partial charge in [-0.1, -0.05) is 42.0 Å². The van der Waals surface area contributed by atoms with Crippen molar-refractivity contribution < 1.29 is 14.3 Å². The maximum atomic E-state index is 11.6. The molecule has 2 rings (SSSR count). The molecule has 0 aromatic rings. The van der Waals surface area contributed by atoms with Crippen LogP contribution in [0.15, 0.2) is 47.6 Å². The smallest absolute Gasteiger partial charge is 0.338 e. The van der Waals surface area contributed by atoms with E-state index in [1.54, 1.807) is 18.2 Å². The highest BCUT2D eigenvalue weighted by atomic mass is 35.5. The van der Waals surface area contributed by atoms with Crippen LogP contribution in [0.2, 0.25) is 0 Å². The second-order valence-corrected chi connectivity index (χ2v) is 4.05. The van der Waals surface area contributed by atoms with Crippen molar-refractivity contribution in [2.45, 2.75) is 5.06 Å². The molecule has 0 N–H and O–H groups in total. The predicted molar refractivity (Wildman–Crippen MR) is 61.0 cm³/mol. The molecule has 0 aromatic carbocycles. The summed E-state index contributed by atoms with van der Waals surface area (Å²) in [6.07, 6.45) is 10.7. The van der Waals surface area contributed by atoms with Crippen LogP contribution in [-0.4, -0.2) is 24.7 Å². The van der Waals surface area contributed by atoms with Gasteiger partial charge in [-0.15, -0.1) is 0 Å². The molecule has 1 aliphatic carbocycles. The largest absolute Gasteiger partial charge is 0.465 e. The fourth-order valence-electron chi connectivity index (χ4n) is 1.44. The van der Waals surface area contributed by atoms with Crippen LogP contribution < -0.4 is 0 Å². The average Bonchev–Trinajstić information content (AvgIpc) is 2.96. The maximum absolute atomic E-state index is 11.6. The third-order valence-corrected chi connectivity index (χ3v) is 2.78. The second-order valence-electron chi connectivity index (χ2n) is 3.44. The highest BCUT2D eigenvalue weighted by molar-refractivity contribution is 6.27. The molecule has 2 aliphatic rings. The summed E-state index contributed by atoms with van der Waals surface area (Å²) in [4.78, 5) is 11.6. The van der Waals surface area contributed by atoms with E-state index in [9.17, 15) is 4.79 Å². The van der Waals surface area contributed by atoms with E-state index in [0.29, 0.717) is 17.8 Å². The Kier molecular flexibility index (Phi) is 2.99. The molecule has 1 heterocycles. The lowest BCUT2D eigenvalue weighted by atomic mass is 10.0. The van der Waals surface area contributed by atoms with Crippen LogP contribution in [0, 0.1) is 0 Å². The third-order valence-electron chi connectivity index (χ3n) is 2.35. The number of halogens is 1. The lowest BCUT2D eigenvalue weighted by Crippen LogP contribution is -2.16. The van der Waals surface area contributed by atoms with Crippen LogP contribution in [0.4, 0.5) is 0 Å². The molecule has 1 atom stereocenters. The van der Waals surface area contributed by atoms with Crippen LogP contribution >= 0.6 is 11.6 Å². The molecule has 0 radical (unpaired) electrons. The number of alkyl halides is 1. The first kappa shape index (κ1) is 11.2. The second kappa shape index (κ2) is 4.28. The molecular formula is C12H11ClO3. The zero-order chi connectivity index (χ0) is 11.6. The Morgan fingerprint density at radius 3 is 2.56 bits per heavy atom. The van der Waals surface area contributed by atoms with E-state index >= 15 is 0 Å². The van der Waals surface area contributed by atoms with Crippen molar-refractivity contribution in [3.63, 3.8) is 0 Å². The van der Waals surface area contributed by atoms with E-state index in [0.717, 1.165) is 0 Å². The number of epoxide rings is 1. The van der Waals surface area contributed by atoms with Gasteiger partial charge in [-0.3, -0.25) is 0 Å². The Morgan fingerprint density at radius 1 is 1.38 bits per heavy atom. The highest BCUT2D eigenvalue weighted by Crippen LogP contribution is 2.43. The molecule has 4 heteroatoms. The highest BCUT2D eigenvalue weighted by Gasteiger charge is 2.48. The Hall–Kier alpha value is -1.32. The zero-order valence-electron chi connectivity index (χ0n) is 8.77. The molecule has 3 nitrogen and oxygen atoms in total. The van der Waals surface area contributed by atoms with Gasteiger partial charge in [0, 0.05) is 5.57 Å². The summed E-state index contributed by atoms with van der Waals surface area (Å²) in [5.74, 6) is -0.415. The molecule has 1 fully saturated rings. The van der Waals surface area contributed by atoms with Crippen molar-refractivity contribution in [3.05, 3.63) is 47.6 Å². The topological polar surface area (TPSA) is 38.8 Å². The number of carbonyl (C=O) groups excluding carboxylic acids is 1. The van der Waals surface area contributed by atoms with E-state index in [-0.39, 0.29) is 0 Å². The SMILES string of the molecule is COC(=O)C1=CC=CC=CC=C1C1(Cl)CO1. The van der Waals surface area contributed by atoms with Crippen molar-refractivity contribution >= 4 is 17.6 Å². The number of methoxy groups -OCH3 is 1. The minimum absolute atomic E-state index is 0.409. The Bertz CT molecular complexity index is 426. The summed E-state index contributed by atoms with van der Waals surface area (Å²) in [5.41, 5.74) is 1.07. The Balaban J connectivity index is 2.39. The summed E-state index contributed by atoms with van der Waals surface area (Å²) < 4.78 is 9.87. The molecule has 0 spiro atoms. The quantitative estimate of drug-likeness (QED) is 0.420. The normalized spacial score (nSPS) is 27.6. The fraction of sp³-hybridized carbons (Fsp3) is 0.250. The monoisotopic (exact) mass is 238 g/mol. The summed E-state index contributed by atoms with van der Waals surface area (Å²) >= 11 is 6.15. The summed E-state index contributed by atoms with van der Waals surface area (Å²) in [5, 5.41) is -0.866. The third kappa shape index (κ3) is 2.10. The van der Waals surface area contributed by atoms with Crippen LogP contribution in [0.1, 0.15) is 0 Å². The van der Waals surface area contributed by atoms with Crippen LogP contribution in [0.25, 0.3) is 0 Å². The number of carbonyl (C=O) groups is 1. The molecule has 1 saturated heterocycles. The van der Waals surface area contributed by atoms with E-state index < -0.39 is 11.0 Å². The van der Waals surface area contributed by atoms with Gasteiger partial charge in [0.1, 0.15) is 0 Å². The van der Waals surface area contributed by atoms with Crippen LogP contribution in [0.5, 0.6) is 0 Å². The maximum Gasteiger partial charge on any atom is 0.338 e. The molecule has 0 saturated carbocycles. The molecule has 84 valence electrons.